The number of methoxy groups -OCH3 is 2. The fourth-order valence-electron chi connectivity index (χ4n) is 3.66. The topological polar surface area (TPSA) is 68.2 Å². The van der Waals surface area contributed by atoms with Crippen molar-refractivity contribution in [2.45, 2.75) is 24.3 Å². The Morgan fingerprint density at radius 2 is 1.65 bits per heavy atom. The predicted molar refractivity (Wildman–Crippen MR) is 120 cm³/mol. The molecule has 0 saturated carbocycles. The monoisotopic (exact) mass is 436 g/mol. The molecule has 7 heteroatoms. The van der Waals surface area contributed by atoms with Gasteiger partial charge in [0, 0.05) is 12.0 Å². The van der Waals surface area contributed by atoms with E-state index >= 15 is 0 Å². The van der Waals surface area contributed by atoms with Gasteiger partial charge in [-0.1, -0.05) is 48.0 Å². The smallest absolute Gasteiger partial charge is 0.279 e. The van der Waals surface area contributed by atoms with Gasteiger partial charge in [0.1, 0.15) is 11.5 Å². The Kier molecular flexibility index (Phi) is 5.69. The second-order valence-electron chi connectivity index (χ2n) is 7.33. The summed E-state index contributed by atoms with van der Waals surface area (Å²) in [6.45, 7) is 2.01. The third-order valence-electron chi connectivity index (χ3n) is 5.34. The molecule has 6 nitrogen and oxygen atoms in total. The number of hydrazone groups is 1. The fourth-order valence-corrected chi connectivity index (χ4v) is 5.11. The molecule has 31 heavy (non-hydrogen) atoms. The highest BCUT2D eigenvalue weighted by molar-refractivity contribution is 7.89. The van der Waals surface area contributed by atoms with Gasteiger partial charge in [0.25, 0.3) is 10.0 Å². The molecule has 1 aliphatic rings. The van der Waals surface area contributed by atoms with Crippen molar-refractivity contribution in [3.63, 3.8) is 0 Å². The third-order valence-corrected chi connectivity index (χ3v) is 7.04. The van der Waals surface area contributed by atoms with Crippen LogP contribution < -0.4 is 9.47 Å². The van der Waals surface area contributed by atoms with E-state index in [0.717, 1.165) is 11.1 Å². The summed E-state index contributed by atoms with van der Waals surface area (Å²) in [5.41, 5.74) is 3.42. The predicted octanol–water partition coefficient (Wildman–Crippen LogP) is 4.55. The van der Waals surface area contributed by atoms with Crippen molar-refractivity contribution in [3.05, 3.63) is 89.5 Å². The summed E-state index contributed by atoms with van der Waals surface area (Å²) in [6.07, 6.45) is 0.415. The first kappa shape index (κ1) is 20.9. The van der Waals surface area contributed by atoms with Crippen LogP contribution in [0.15, 0.2) is 82.8 Å². The fraction of sp³-hybridized carbons (Fsp3) is 0.208. The third kappa shape index (κ3) is 4.01. The van der Waals surface area contributed by atoms with Gasteiger partial charge in [-0.25, -0.2) is 0 Å². The molecule has 1 heterocycles. The quantitative estimate of drug-likeness (QED) is 0.568. The molecule has 160 valence electrons. The maximum atomic E-state index is 13.6. The van der Waals surface area contributed by atoms with E-state index in [9.17, 15) is 8.42 Å². The maximum Gasteiger partial charge on any atom is 0.279 e. The zero-order valence-electron chi connectivity index (χ0n) is 17.6. The molecule has 0 N–H and O–H groups in total. The Morgan fingerprint density at radius 1 is 0.935 bits per heavy atom. The van der Waals surface area contributed by atoms with Crippen LogP contribution in [0.3, 0.4) is 0 Å². The first-order valence-corrected chi connectivity index (χ1v) is 11.3. The lowest BCUT2D eigenvalue weighted by atomic mass is 9.97. The summed E-state index contributed by atoms with van der Waals surface area (Å²) in [4.78, 5) is 0.191. The Morgan fingerprint density at radius 3 is 2.29 bits per heavy atom. The highest BCUT2D eigenvalue weighted by Gasteiger charge is 2.39. The number of hydrogen-bond acceptors (Lipinski definition) is 5. The Hall–Kier alpha value is -3.32. The van der Waals surface area contributed by atoms with Crippen LogP contribution >= 0.6 is 0 Å². The Labute approximate surface area is 182 Å². The van der Waals surface area contributed by atoms with E-state index in [-0.39, 0.29) is 4.90 Å². The number of benzene rings is 3. The Balaban J connectivity index is 1.85. The van der Waals surface area contributed by atoms with Gasteiger partial charge in [-0.15, -0.1) is 0 Å². The van der Waals surface area contributed by atoms with Gasteiger partial charge >= 0.3 is 0 Å². The summed E-state index contributed by atoms with van der Waals surface area (Å²) >= 11 is 0. The molecule has 4 rings (SSSR count). The van der Waals surface area contributed by atoms with Gasteiger partial charge in [-0.05, 0) is 42.8 Å². The summed E-state index contributed by atoms with van der Waals surface area (Å²) < 4.78 is 39.2. The highest BCUT2D eigenvalue weighted by atomic mass is 32.2. The van der Waals surface area contributed by atoms with Gasteiger partial charge < -0.3 is 9.47 Å². The van der Waals surface area contributed by atoms with E-state index in [1.807, 2.05) is 37.3 Å². The Bertz CT molecular complexity index is 1210. The molecule has 0 spiro atoms. The molecule has 1 atom stereocenters. The van der Waals surface area contributed by atoms with Gasteiger partial charge in [0.05, 0.1) is 30.9 Å². The second-order valence-corrected chi connectivity index (χ2v) is 9.13. The van der Waals surface area contributed by atoms with Crippen LogP contribution in [0.1, 0.15) is 29.2 Å². The lowest BCUT2D eigenvalue weighted by Gasteiger charge is -2.25. The van der Waals surface area contributed by atoms with Crippen molar-refractivity contribution in [2.75, 3.05) is 14.2 Å². The van der Waals surface area contributed by atoms with E-state index in [0.29, 0.717) is 29.2 Å². The number of rotatable bonds is 6. The molecule has 0 aliphatic carbocycles. The van der Waals surface area contributed by atoms with Gasteiger partial charge in [-0.2, -0.15) is 17.9 Å². The van der Waals surface area contributed by atoms with Crippen molar-refractivity contribution in [2.24, 2.45) is 5.10 Å². The number of hydrogen-bond donors (Lipinski definition) is 0. The SMILES string of the molecule is COc1ccc(OC)c(C2CC(c3ccc(C)cc3)=NN2S(=O)(=O)c2ccccc2)c1. The second kappa shape index (κ2) is 8.43. The van der Waals surface area contributed by atoms with Crippen molar-refractivity contribution < 1.29 is 17.9 Å². The van der Waals surface area contributed by atoms with Gasteiger partial charge in [-0.3, -0.25) is 0 Å². The van der Waals surface area contributed by atoms with Crippen molar-refractivity contribution in [3.8, 4) is 11.5 Å². The molecule has 1 unspecified atom stereocenters. The average Bonchev–Trinajstić information content (AvgIpc) is 3.26. The summed E-state index contributed by atoms with van der Waals surface area (Å²) in [7, 11) is -0.736. The first-order valence-electron chi connectivity index (χ1n) is 9.90. The van der Waals surface area contributed by atoms with Crippen LogP contribution in [0.5, 0.6) is 11.5 Å². The van der Waals surface area contributed by atoms with Crippen LogP contribution in [0.2, 0.25) is 0 Å². The number of nitrogens with zero attached hydrogens (tertiary/aromatic N) is 2. The van der Waals surface area contributed by atoms with Crippen molar-refractivity contribution >= 4 is 15.7 Å². The van der Waals surface area contributed by atoms with E-state index in [1.54, 1.807) is 56.7 Å². The summed E-state index contributed by atoms with van der Waals surface area (Å²) in [6, 6.07) is 21.1. The molecule has 0 bridgehead atoms. The summed E-state index contributed by atoms with van der Waals surface area (Å²) in [5, 5.41) is 4.59. The largest absolute Gasteiger partial charge is 0.497 e. The number of ether oxygens (including phenoxy) is 2. The van der Waals surface area contributed by atoms with Crippen LogP contribution in [0.25, 0.3) is 0 Å². The standard InChI is InChI=1S/C24H24N2O4S/c1-17-9-11-18(12-10-17)22-16-23(21-15-19(29-2)13-14-24(21)30-3)26(25-22)31(27,28)20-7-5-4-6-8-20/h4-15,23H,16H2,1-3H3. The van der Waals surface area contributed by atoms with Crippen LogP contribution in [-0.2, 0) is 10.0 Å². The minimum atomic E-state index is -3.88. The normalized spacial score (nSPS) is 16.2. The lowest BCUT2D eigenvalue weighted by molar-refractivity contribution is 0.346. The zero-order chi connectivity index (χ0) is 22.0. The molecule has 0 fully saturated rings. The van der Waals surface area contributed by atoms with Crippen molar-refractivity contribution in [1.82, 2.24) is 4.41 Å². The molecule has 1 aliphatic heterocycles. The maximum absolute atomic E-state index is 13.6. The molecule has 0 aromatic heterocycles. The van der Waals surface area contributed by atoms with Crippen LogP contribution in [0.4, 0.5) is 0 Å². The lowest BCUT2D eigenvalue weighted by Crippen LogP contribution is -2.27. The number of aryl methyl sites for hydroxylation is 1. The minimum Gasteiger partial charge on any atom is -0.497 e. The minimum absolute atomic E-state index is 0.191. The molecule has 0 saturated heterocycles. The zero-order valence-corrected chi connectivity index (χ0v) is 18.5. The molecule has 0 radical (unpaired) electrons. The van der Waals surface area contributed by atoms with Crippen LogP contribution in [-0.4, -0.2) is 32.8 Å². The van der Waals surface area contributed by atoms with Crippen LogP contribution in [0, 0.1) is 6.92 Å². The molecule has 0 amide bonds. The van der Waals surface area contributed by atoms with E-state index in [2.05, 4.69) is 5.10 Å². The van der Waals surface area contributed by atoms with Crippen molar-refractivity contribution in [1.29, 1.82) is 0 Å². The molecular weight excluding hydrogens is 412 g/mol. The number of sulfonamides is 1. The molecular formula is C24H24N2O4S. The summed E-state index contributed by atoms with van der Waals surface area (Å²) in [5.74, 6) is 1.20. The molecule has 3 aromatic carbocycles. The van der Waals surface area contributed by atoms with E-state index in [1.165, 1.54) is 4.41 Å². The average molecular weight is 437 g/mol. The van der Waals surface area contributed by atoms with Gasteiger partial charge in [0.15, 0.2) is 0 Å². The highest BCUT2D eigenvalue weighted by Crippen LogP contribution is 2.42. The first-order chi connectivity index (χ1) is 14.9. The van der Waals surface area contributed by atoms with Gasteiger partial charge in [0.2, 0.25) is 0 Å². The van der Waals surface area contributed by atoms with E-state index in [4.69, 9.17) is 9.47 Å². The molecule has 3 aromatic rings. The van der Waals surface area contributed by atoms with E-state index < -0.39 is 16.1 Å².